The SMILES string of the molecule is O=C1CC(c2ccc(F)c(Br)c2)c2ncn(-c3cccnc3)c2N1. The first-order valence-corrected chi connectivity index (χ1v) is 8.15. The van der Waals surface area contributed by atoms with Gasteiger partial charge in [-0.25, -0.2) is 9.37 Å². The summed E-state index contributed by atoms with van der Waals surface area (Å²) < 4.78 is 15.7. The van der Waals surface area contributed by atoms with Crippen LogP contribution in [0.15, 0.2) is 53.5 Å². The van der Waals surface area contributed by atoms with Gasteiger partial charge in [0.25, 0.3) is 0 Å². The molecule has 1 aliphatic rings. The molecule has 1 aliphatic heterocycles. The molecule has 1 unspecified atom stereocenters. The summed E-state index contributed by atoms with van der Waals surface area (Å²) in [5, 5.41) is 2.88. The summed E-state index contributed by atoms with van der Waals surface area (Å²) in [4.78, 5) is 20.8. The number of imidazole rings is 1. The van der Waals surface area contributed by atoms with E-state index in [-0.39, 0.29) is 24.1 Å². The lowest BCUT2D eigenvalue weighted by Crippen LogP contribution is -2.25. The number of pyridine rings is 1. The molecule has 0 spiro atoms. The number of nitrogens with zero attached hydrogens (tertiary/aromatic N) is 3. The molecule has 24 heavy (non-hydrogen) atoms. The second-order valence-electron chi connectivity index (χ2n) is 5.54. The molecule has 0 saturated heterocycles. The summed E-state index contributed by atoms with van der Waals surface area (Å²) in [5.41, 5.74) is 2.42. The standard InChI is InChI=1S/C17H12BrFN4O/c18-13-6-10(3-4-14(13)19)12-7-15(24)22-17-16(12)21-9-23(17)11-2-1-5-20-8-11/h1-6,8-9,12H,7H2,(H,22,24). The molecule has 0 saturated carbocycles. The lowest BCUT2D eigenvalue weighted by Gasteiger charge is -2.23. The molecule has 0 bridgehead atoms. The van der Waals surface area contributed by atoms with Crippen LogP contribution in [-0.4, -0.2) is 20.4 Å². The van der Waals surface area contributed by atoms with Crippen molar-refractivity contribution in [2.45, 2.75) is 12.3 Å². The third-order valence-electron chi connectivity index (χ3n) is 4.04. The number of anilines is 1. The molecular formula is C17H12BrFN4O. The highest BCUT2D eigenvalue weighted by Gasteiger charge is 2.31. The number of aromatic nitrogens is 3. The molecule has 4 rings (SSSR count). The van der Waals surface area contributed by atoms with Crippen molar-refractivity contribution >= 4 is 27.7 Å². The van der Waals surface area contributed by atoms with Gasteiger partial charge in [0.2, 0.25) is 5.91 Å². The van der Waals surface area contributed by atoms with E-state index in [1.807, 2.05) is 12.1 Å². The second-order valence-corrected chi connectivity index (χ2v) is 6.39. The minimum absolute atomic E-state index is 0.0985. The van der Waals surface area contributed by atoms with Crippen LogP contribution in [0.5, 0.6) is 0 Å². The van der Waals surface area contributed by atoms with Gasteiger partial charge in [-0.2, -0.15) is 0 Å². The lowest BCUT2D eigenvalue weighted by atomic mass is 9.90. The maximum atomic E-state index is 13.5. The Morgan fingerprint density at radius 3 is 2.96 bits per heavy atom. The largest absolute Gasteiger partial charge is 0.310 e. The fourth-order valence-electron chi connectivity index (χ4n) is 2.90. The van der Waals surface area contributed by atoms with Gasteiger partial charge in [-0.05, 0) is 45.8 Å². The first-order valence-electron chi connectivity index (χ1n) is 7.36. The van der Waals surface area contributed by atoms with E-state index in [4.69, 9.17) is 0 Å². The minimum atomic E-state index is -0.333. The van der Waals surface area contributed by atoms with Crippen molar-refractivity contribution in [2.75, 3.05) is 5.32 Å². The van der Waals surface area contributed by atoms with E-state index >= 15 is 0 Å². The van der Waals surface area contributed by atoms with Gasteiger partial charge in [-0.3, -0.25) is 14.3 Å². The van der Waals surface area contributed by atoms with Gasteiger partial charge >= 0.3 is 0 Å². The highest BCUT2D eigenvalue weighted by atomic mass is 79.9. The van der Waals surface area contributed by atoms with Gasteiger partial charge in [-0.15, -0.1) is 0 Å². The molecule has 5 nitrogen and oxygen atoms in total. The second kappa shape index (κ2) is 5.83. The molecule has 120 valence electrons. The number of benzene rings is 1. The first-order chi connectivity index (χ1) is 11.6. The van der Waals surface area contributed by atoms with Crippen LogP contribution in [0.2, 0.25) is 0 Å². The normalized spacial score (nSPS) is 16.6. The summed E-state index contributed by atoms with van der Waals surface area (Å²) in [5.74, 6) is -0.0213. The maximum absolute atomic E-state index is 13.5. The van der Waals surface area contributed by atoms with Crippen LogP contribution in [0.3, 0.4) is 0 Å². The molecule has 1 amide bonds. The highest BCUT2D eigenvalue weighted by molar-refractivity contribution is 9.10. The van der Waals surface area contributed by atoms with Crippen LogP contribution < -0.4 is 5.32 Å². The van der Waals surface area contributed by atoms with Gasteiger partial charge in [-0.1, -0.05) is 6.07 Å². The van der Waals surface area contributed by atoms with Crippen LogP contribution in [0.25, 0.3) is 5.69 Å². The Morgan fingerprint density at radius 2 is 2.21 bits per heavy atom. The maximum Gasteiger partial charge on any atom is 0.226 e. The predicted molar refractivity (Wildman–Crippen MR) is 90.5 cm³/mol. The smallest absolute Gasteiger partial charge is 0.226 e. The van der Waals surface area contributed by atoms with E-state index in [1.54, 1.807) is 35.4 Å². The number of rotatable bonds is 2. The Bertz CT molecular complexity index is 926. The zero-order valence-electron chi connectivity index (χ0n) is 12.4. The van der Waals surface area contributed by atoms with Crippen molar-refractivity contribution in [2.24, 2.45) is 0 Å². The summed E-state index contributed by atoms with van der Waals surface area (Å²) in [6.07, 6.45) is 5.32. The lowest BCUT2D eigenvalue weighted by molar-refractivity contribution is -0.116. The van der Waals surface area contributed by atoms with Crippen LogP contribution in [0, 0.1) is 5.82 Å². The molecule has 0 fully saturated rings. The molecule has 0 aliphatic carbocycles. The van der Waals surface area contributed by atoms with E-state index < -0.39 is 0 Å². The molecule has 2 aromatic heterocycles. The van der Waals surface area contributed by atoms with Crippen molar-refractivity contribution in [3.63, 3.8) is 0 Å². The van der Waals surface area contributed by atoms with E-state index in [0.717, 1.165) is 16.9 Å². The molecule has 7 heteroatoms. The monoisotopic (exact) mass is 386 g/mol. The molecule has 1 N–H and O–H groups in total. The number of halogens is 2. The Hall–Kier alpha value is -2.54. The van der Waals surface area contributed by atoms with Crippen molar-refractivity contribution in [3.05, 3.63) is 70.6 Å². The summed E-state index contributed by atoms with van der Waals surface area (Å²) in [6.45, 7) is 0. The zero-order valence-corrected chi connectivity index (χ0v) is 14.0. The summed E-state index contributed by atoms with van der Waals surface area (Å²) in [6, 6.07) is 8.49. The van der Waals surface area contributed by atoms with Gasteiger partial charge in [0.15, 0.2) is 0 Å². The van der Waals surface area contributed by atoms with Gasteiger partial charge in [0, 0.05) is 18.5 Å². The number of carbonyl (C=O) groups excluding carboxylic acids is 1. The van der Waals surface area contributed by atoms with E-state index in [1.165, 1.54) is 6.07 Å². The Labute approximate surface area is 145 Å². The molecule has 3 aromatic rings. The van der Waals surface area contributed by atoms with Gasteiger partial charge in [0.1, 0.15) is 18.0 Å². The number of hydrogen-bond donors (Lipinski definition) is 1. The summed E-state index contributed by atoms with van der Waals surface area (Å²) >= 11 is 3.20. The molecule has 0 radical (unpaired) electrons. The highest BCUT2D eigenvalue weighted by Crippen LogP contribution is 2.38. The average Bonchev–Trinajstić information content (AvgIpc) is 3.01. The first kappa shape index (κ1) is 15.0. The van der Waals surface area contributed by atoms with Crippen LogP contribution in [-0.2, 0) is 4.79 Å². The van der Waals surface area contributed by atoms with E-state index in [2.05, 4.69) is 31.2 Å². The Balaban J connectivity index is 1.82. The molecule has 1 atom stereocenters. The molecular weight excluding hydrogens is 375 g/mol. The third kappa shape index (κ3) is 2.50. The molecule has 1 aromatic carbocycles. The number of amides is 1. The zero-order chi connectivity index (χ0) is 16.7. The van der Waals surface area contributed by atoms with Crippen LogP contribution >= 0.6 is 15.9 Å². The summed E-state index contributed by atoms with van der Waals surface area (Å²) in [7, 11) is 0. The molecule has 3 heterocycles. The van der Waals surface area contributed by atoms with E-state index in [0.29, 0.717) is 10.3 Å². The average molecular weight is 387 g/mol. The third-order valence-corrected chi connectivity index (χ3v) is 4.65. The topological polar surface area (TPSA) is 59.8 Å². The van der Waals surface area contributed by atoms with Crippen LogP contribution in [0.1, 0.15) is 23.6 Å². The number of carbonyl (C=O) groups is 1. The fourth-order valence-corrected chi connectivity index (χ4v) is 3.30. The number of nitrogens with one attached hydrogen (secondary N) is 1. The number of fused-ring (bicyclic) bond motifs is 1. The Kier molecular flexibility index (Phi) is 3.65. The quantitative estimate of drug-likeness (QED) is 0.731. The van der Waals surface area contributed by atoms with Gasteiger partial charge < -0.3 is 5.32 Å². The van der Waals surface area contributed by atoms with Crippen molar-refractivity contribution < 1.29 is 9.18 Å². The van der Waals surface area contributed by atoms with Gasteiger partial charge in [0.05, 0.1) is 22.1 Å². The Morgan fingerprint density at radius 1 is 1.33 bits per heavy atom. The van der Waals surface area contributed by atoms with E-state index in [9.17, 15) is 9.18 Å². The van der Waals surface area contributed by atoms with Crippen molar-refractivity contribution in [1.29, 1.82) is 0 Å². The fraction of sp³-hybridized carbons (Fsp3) is 0.118. The van der Waals surface area contributed by atoms with Crippen molar-refractivity contribution in [1.82, 2.24) is 14.5 Å². The van der Waals surface area contributed by atoms with Crippen molar-refractivity contribution in [3.8, 4) is 5.69 Å². The minimum Gasteiger partial charge on any atom is -0.310 e. The van der Waals surface area contributed by atoms with Crippen LogP contribution in [0.4, 0.5) is 10.2 Å². The predicted octanol–water partition coefficient (Wildman–Crippen LogP) is 3.64. The number of hydrogen-bond acceptors (Lipinski definition) is 3.